The summed E-state index contributed by atoms with van der Waals surface area (Å²) in [5.74, 6) is -2.31. The van der Waals surface area contributed by atoms with E-state index in [9.17, 15) is 19.1 Å². The average Bonchev–Trinajstić information content (AvgIpc) is 3.33. The van der Waals surface area contributed by atoms with Gasteiger partial charge < -0.3 is 5.11 Å². The summed E-state index contributed by atoms with van der Waals surface area (Å²) in [7, 11) is 0. The quantitative estimate of drug-likeness (QED) is 0.206. The van der Waals surface area contributed by atoms with Crippen LogP contribution in [0.15, 0.2) is 66.2 Å². The van der Waals surface area contributed by atoms with E-state index in [4.69, 9.17) is 11.6 Å². The Hall–Kier alpha value is -3.55. The Morgan fingerprint density at radius 3 is 2.53 bits per heavy atom. The van der Waals surface area contributed by atoms with Crippen molar-refractivity contribution in [3.63, 3.8) is 0 Å². The second kappa shape index (κ2) is 8.34. The van der Waals surface area contributed by atoms with Gasteiger partial charge in [0.05, 0.1) is 21.8 Å². The third-order valence-electron chi connectivity index (χ3n) is 5.82. The highest BCUT2D eigenvalue weighted by Gasteiger charge is 2.48. The van der Waals surface area contributed by atoms with E-state index in [1.165, 1.54) is 23.1 Å². The largest absolute Gasteiger partial charge is 0.507 e. The molecule has 170 valence electrons. The van der Waals surface area contributed by atoms with Crippen molar-refractivity contribution in [2.24, 2.45) is 0 Å². The monoisotopic (exact) mass is 492 g/mol. The number of nitrogens with zero attached hydrogens (tertiary/aromatic N) is 2. The number of aliphatic hydroxyl groups is 1. The van der Waals surface area contributed by atoms with Crippen molar-refractivity contribution >= 4 is 55.7 Å². The number of rotatable bonds is 3. The topological polar surface area (TPSA) is 70.5 Å². The summed E-state index contributed by atoms with van der Waals surface area (Å²) in [6.45, 7) is 3.70. The van der Waals surface area contributed by atoms with Gasteiger partial charge in [-0.2, -0.15) is 0 Å². The lowest BCUT2D eigenvalue weighted by Gasteiger charge is -2.23. The number of benzene rings is 3. The Labute approximate surface area is 203 Å². The van der Waals surface area contributed by atoms with Gasteiger partial charge >= 0.3 is 5.91 Å². The van der Waals surface area contributed by atoms with E-state index in [0.717, 1.165) is 22.5 Å². The van der Waals surface area contributed by atoms with E-state index in [2.05, 4.69) is 4.98 Å². The maximum atomic E-state index is 13.8. The predicted octanol–water partition coefficient (Wildman–Crippen LogP) is 6.33. The number of aromatic nitrogens is 1. The fourth-order valence-electron chi connectivity index (χ4n) is 4.12. The summed E-state index contributed by atoms with van der Waals surface area (Å²) in [4.78, 5) is 32.4. The molecule has 1 atom stereocenters. The molecule has 1 aliphatic rings. The number of carbonyl (C=O) groups is 2. The van der Waals surface area contributed by atoms with Gasteiger partial charge in [-0.3, -0.25) is 14.5 Å². The zero-order valence-corrected chi connectivity index (χ0v) is 19.7. The number of aliphatic hydroxyl groups excluding tert-OH is 1. The summed E-state index contributed by atoms with van der Waals surface area (Å²) in [5.41, 5.74) is 3.20. The number of hydrogen-bond donors (Lipinski definition) is 1. The molecule has 4 aromatic rings. The molecule has 1 N–H and O–H groups in total. The molecule has 1 aromatic heterocycles. The fraction of sp³-hybridized carbons (Fsp3) is 0.115. The average molecular weight is 493 g/mol. The molecule has 2 heterocycles. The van der Waals surface area contributed by atoms with E-state index >= 15 is 0 Å². The number of hydrogen-bond acceptors (Lipinski definition) is 5. The number of aryl methyl sites for hydroxylation is 2. The van der Waals surface area contributed by atoms with Gasteiger partial charge in [0.2, 0.25) is 0 Å². The van der Waals surface area contributed by atoms with Gasteiger partial charge in [0.15, 0.2) is 5.13 Å². The highest BCUT2D eigenvalue weighted by atomic mass is 35.5. The van der Waals surface area contributed by atoms with Crippen LogP contribution >= 0.6 is 22.9 Å². The molecule has 0 bridgehead atoms. The van der Waals surface area contributed by atoms with E-state index in [0.29, 0.717) is 26.4 Å². The first-order chi connectivity index (χ1) is 16.2. The van der Waals surface area contributed by atoms with Gasteiger partial charge in [0.25, 0.3) is 5.78 Å². The van der Waals surface area contributed by atoms with Gasteiger partial charge in [0, 0.05) is 10.6 Å². The molecule has 1 saturated heterocycles. The van der Waals surface area contributed by atoms with E-state index < -0.39 is 23.5 Å². The number of fused-ring (bicyclic) bond motifs is 1. The molecule has 1 aliphatic heterocycles. The maximum absolute atomic E-state index is 13.8. The maximum Gasteiger partial charge on any atom is 0.301 e. The first kappa shape index (κ1) is 22.3. The summed E-state index contributed by atoms with van der Waals surface area (Å²) in [5, 5.41) is 12.1. The van der Waals surface area contributed by atoms with Gasteiger partial charge in [0.1, 0.15) is 11.6 Å². The van der Waals surface area contributed by atoms with Crippen molar-refractivity contribution in [2.75, 3.05) is 4.90 Å². The van der Waals surface area contributed by atoms with Crippen LogP contribution in [0.1, 0.15) is 28.3 Å². The molecule has 34 heavy (non-hydrogen) atoms. The van der Waals surface area contributed by atoms with Crippen molar-refractivity contribution in [1.82, 2.24) is 4.98 Å². The Kier molecular flexibility index (Phi) is 5.46. The van der Waals surface area contributed by atoms with Gasteiger partial charge in [-0.1, -0.05) is 52.8 Å². The van der Waals surface area contributed by atoms with Crippen molar-refractivity contribution in [3.05, 3.63) is 99.3 Å². The zero-order valence-electron chi connectivity index (χ0n) is 18.2. The standard InChI is InChI=1S/C26H18ClFN2O3S/c1-13-3-4-14(2)18(11-13)23(31)21-22(15-5-7-16(27)8-6-15)30(25(33)24(21)32)26-29-19-10-9-17(28)12-20(19)34-26/h3-12,22,31H,1-2H3/b23-21+. The molecule has 0 aliphatic carbocycles. The van der Waals surface area contributed by atoms with Crippen LogP contribution in [0.5, 0.6) is 0 Å². The Bertz CT molecular complexity index is 1510. The lowest BCUT2D eigenvalue weighted by Crippen LogP contribution is -2.29. The van der Waals surface area contributed by atoms with Gasteiger partial charge in [-0.15, -0.1) is 0 Å². The lowest BCUT2D eigenvalue weighted by atomic mass is 9.93. The van der Waals surface area contributed by atoms with Gasteiger partial charge in [-0.05, 0) is 61.4 Å². The van der Waals surface area contributed by atoms with Crippen molar-refractivity contribution in [3.8, 4) is 0 Å². The molecule has 1 unspecified atom stereocenters. The number of halogens is 2. The molecule has 0 saturated carbocycles. The van der Waals surface area contributed by atoms with Crippen molar-refractivity contribution < 1.29 is 19.1 Å². The predicted molar refractivity (Wildman–Crippen MR) is 132 cm³/mol. The summed E-state index contributed by atoms with van der Waals surface area (Å²) >= 11 is 7.18. The normalized spacial score (nSPS) is 17.6. The van der Waals surface area contributed by atoms with E-state index in [-0.39, 0.29) is 16.5 Å². The lowest BCUT2D eigenvalue weighted by molar-refractivity contribution is -0.132. The third kappa shape index (κ3) is 3.67. The Morgan fingerprint density at radius 2 is 1.79 bits per heavy atom. The fourth-order valence-corrected chi connectivity index (χ4v) is 5.26. The minimum absolute atomic E-state index is 0.0357. The third-order valence-corrected chi connectivity index (χ3v) is 7.09. The molecule has 5 rings (SSSR count). The van der Waals surface area contributed by atoms with Crippen LogP contribution in [0.2, 0.25) is 5.02 Å². The van der Waals surface area contributed by atoms with Gasteiger partial charge in [-0.25, -0.2) is 9.37 Å². The number of carbonyl (C=O) groups excluding carboxylic acids is 2. The van der Waals surface area contributed by atoms with Crippen LogP contribution in [0.25, 0.3) is 16.0 Å². The highest BCUT2D eigenvalue weighted by molar-refractivity contribution is 7.22. The van der Waals surface area contributed by atoms with Crippen LogP contribution in [-0.2, 0) is 9.59 Å². The summed E-state index contributed by atoms with van der Waals surface area (Å²) < 4.78 is 14.3. The van der Waals surface area contributed by atoms with Crippen molar-refractivity contribution in [1.29, 1.82) is 0 Å². The van der Waals surface area contributed by atoms with Crippen LogP contribution in [0.4, 0.5) is 9.52 Å². The summed E-state index contributed by atoms with van der Waals surface area (Å²) in [6, 6.07) is 15.5. The molecule has 8 heteroatoms. The molecule has 5 nitrogen and oxygen atoms in total. The molecular formula is C26H18ClFN2O3S. The zero-order chi connectivity index (χ0) is 24.1. The number of amides is 1. The summed E-state index contributed by atoms with van der Waals surface area (Å²) in [6.07, 6.45) is 0. The SMILES string of the molecule is Cc1ccc(C)c(/C(O)=C2\C(=O)C(=O)N(c3nc4ccc(F)cc4s3)C2c2ccc(Cl)cc2)c1. The minimum Gasteiger partial charge on any atom is -0.507 e. The molecule has 0 spiro atoms. The first-order valence-corrected chi connectivity index (χ1v) is 11.6. The number of anilines is 1. The van der Waals surface area contributed by atoms with E-state index in [1.807, 2.05) is 26.0 Å². The number of ketones is 1. The minimum atomic E-state index is -0.928. The van der Waals surface area contributed by atoms with Crippen LogP contribution in [-0.4, -0.2) is 21.8 Å². The van der Waals surface area contributed by atoms with E-state index in [1.54, 1.807) is 30.3 Å². The number of Topliss-reactive ketones (excluding diaryl/α,β-unsaturated/α-hetero) is 1. The highest BCUT2D eigenvalue weighted by Crippen LogP contribution is 2.44. The second-order valence-electron chi connectivity index (χ2n) is 8.15. The van der Waals surface area contributed by atoms with Crippen LogP contribution in [0, 0.1) is 19.7 Å². The Morgan fingerprint density at radius 1 is 1.06 bits per heavy atom. The molecular weight excluding hydrogens is 475 g/mol. The molecule has 3 aromatic carbocycles. The smallest absolute Gasteiger partial charge is 0.301 e. The molecule has 0 radical (unpaired) electrons. The van der Waals surface area contributed by atoms with Crippen molar-refractivity contribution in [2.45, 2.75) is 19.9 Å². The Balaban J connectivity index is 1.76. The number of thiazole rings is 1. The van der Waals surface area contributed by atoms with Crippen LogP contribution in [0.3, 0.4) is 0 Å². The first-order valence-electron chi connectivity index (χ1n) is 10.4. The van der Waals surface area contributed by atoms with Crippen LogP contribution < -0.4 is 4.90 Å². The second-order valence-corrected chi connectivity index (χ2v) is 9.59. The molecule has 1 amide bonds. The molecule has 1 fully saturated rings.